The molecule has 2 aromatic rings. The molecule has 0 amide bonds. The Bertz CT molecular complexity index is 592. The first-order chi connectivity index (χ1) is 10.2. The minimum absolute atomic E-state index is 0.237. The summed E-state index contributed by atoms with van der Waals surface area (Å²) in [6.07, 6.45) is 2.32. The van der Waals surface area contributed by atoms with Crippen LogP contribution in [-0.2, 0) is 6.42 Å². The van der Waals surface area contributed by atoms with Gasteiger partial charge in [0, 0.05) is 4.47 Å². The Morgan fingerprint density at radius 1 is 1.10 bits per heavy atom. The van der Waals surface area contributed by atoms with Crippen LogP contribution in [0.4, 0.5) is 0 Å². The van der Waals surface area contributed by atoms with Gasteiger partial charge in [-0.2, -0.15) is 0 Å². The number of aryl methyl sites for hydroxylation is 2. The Morgan fingerprint density at radius 3 is 2.62 bits per heavy atom. The van der Waals surface area contributed by atoms with Gasteiger partial charge in [-0.05, 0) is 42.6 Å². The van der Waals surface area contributed by atoms with Crippen LogP contribution in [0.5, 0.6) is 0 Å². The smallest absolute Gasteiger partial charge is 0.0587 e. The van der Waals surface area contributed by atoms with Gasteiger partial charge < -0.3 is 5.32 Å². The van der Waals surface area contributed by atoms with Crippen molar-refractivity contribution in [2.75, 3.05) is 6.54 Å². The van der Waals surface area contributed by atoms with E-state index in [2.05, 4.69) is 84.5 Å². The Kier molecular flexibility index (Phi) is 6.01. The van der Waals surface area contributed by atoms with Crippen molar-refractivity contribution in [2.24, 2.45) is 0 Å². The van der Waals surface area contributed by atoms with Crippen LogP contribution in [0.1, 0.15) is 48.6 Å². The second-order valence-corrected chi connectivity index (χ2v) is 6.37. The van der Waals surface area contributed by atoms with Crippen molar-refractivity contribution in [3.05, 3.63) is 69.2 Å². The summed E-state index contributed by atoms with van der Waals surface area (Å²) in [5.41, 5.74) is 5.36. The van der Waals surface area contributed by atoms with Gasteiger partial charge in [-0.1, -0.05) is 78.2 Å². The third-order valence-electron chi connectivity index (χ3n) is 3.69. The maximum absolute atomic E-state index is 3.71. The van der Waals surface area contributed by atoms with E-state index < -0.39 is 0 Å². The molecule has 0 aromatic heterocycles. The summed E-state index contributed by atoms with van der Waals surface area (Å²) in [5, 5.41) is 3.62. The van der Waals surface area contributed by atoms with Crippen molar-refractivity contribution in [3.63, 3.8) is 0 Å². The topological polar surface area (TPSA) is 12.0 Å². The SMILES string of the molecule is CCCc1cccc(C(NCC)c2cc(C)ccc2Br)c1. The van der Waals surface area contributed by atoms with Gasteiger partial charge in [0.15, 0.2) is 0 Å². The standard InChI is InChI=1S/C19H24BrN/c1-4-7-15-8-6-9-16(13-15)19(21-5-2)17-12-14(3)10-11-18(17)20/h6,8-13,19,21H,4-5,7H2,1-3H3. The number of halogens is 1. The van der Waals surface area contributed by atoms with Crippen LogP contribution in [0.25, 0.3) is 0 Å². The number of nitrogens with one attached hydrogen (secondary N) is 1. The lowest BCUT2D eigenvalue weighted by molar-refractivity contribution is 0.627. The maximum atomic E-state index is 3.71. The summed E-state index contributed by atoms with van der Waals surface area (Å²) in [7, 11) is 0. The highest BCUT2D eigenvalue weighted by atomic mass is 79.9. The van der Waals surface area contributed by atoms with Crippen LogP contribution in [0.3, 0.4) is 0 Å². The van der Waals surface area contributed by atoms with Crippen molar-refractivity contribution < 1.29 is 0 Å². The lowest BCUT2D eigenvalue weighted by atomic mass is 9.95. The predicted octanol–water partition coefficient (Wildman–Crippen LogP) is 5.41. The molecule has 1 unspecified atom stereocenters. The zero-order valence-electron chi connectivity index (χ0n) is 13.1. The Labute approximate surface area is 136 Å². The molecule has 21 heavy (non-hydrogen) atoms. The van der Waals surface area contributed by atoms with Crippen LogP contribution in [0.15, 0.2) is 46.9 Å². The Hall–Kier alpha value is -1.12. The van der Waals surface area contributed by atoms with E-state index in [-0.39, 0.29) is 6.04 Å². The highest BCUT2D eigenvalue weighted by Gasteiger charge is 2.16. The summed E-state index contributed by atoms with van der Waals surface area (Å²) in [6, 6.07) is 15.8. The summed E-state index contributed by atoms with van der Waals surface area (Å²) >= 11 is 3.71. The number of hydrogen-bond acceptors (Lipinski definition) is 1. The molecule has 0 aliphatic rings. The number of benzene rings is 2. The first-order valence-electron chi connectivity index (χ1n) is 7.74. The average molecular weight is 346 g/mol. The van der Waals surface area contributed by atoms with E-state index in [9.17, 15) is 0 Å². The van der Waals surface area contributed by atoms with E-state index in [0.29, 0.717) is 0 Å². The average Bonchev–Trinajstić information content (AvgIpc) is 2.48. The lowest BCUT2D eigenvalue weighted by Gasteiger charge is -2.21. The lowest BCUT2D eigenvalue weighted by Crippen LogP contribution is -2.22. The van der Waals surface area contributed by atoms with Crippen LogP contribution in [-0.4, -0.2) is 6.54 Å². The first-order valence-corrected chi connectivity index (χ1v) is 8.53. The molecule has 1 N–H and O–H groups in total. The molecule has 2 rings (SSSR count). The van der Waals surface area contributed by atoms with E-state index in [1.165, 1.54) is 33.1 Å². The minimum Gasteiger partial charge on any atom is -0.306 e. The third-order valence-corrected chi connectivity index (χ3v) is 4.42. The molecular weight excluding hydrogens is 322 g/mol. The molecule has 1 atom stereocenters. The molecule has 2 heteroatoms. The van der Waals surface area contributed by atoms with E-state index >= 15 is 0 Å². The second-order valence-electron chi connectivity index (χ2n) is 5.51. The molecular formula is C19H24BrN. The van der Waals surface area contributed by atoms with Crippen LogP contribution >= 0.6 is 15.9 Å². The van der Waals surface area contributed by atoms with Gasteiger partial charge in [0.25, 0.3) is 0 Å². The van der Waals surface area contributed by atoms with E-state index in [1.54, 1.807) is 0 Å². The van der Waals surface area contributed by atoms with Gasteiger partial charge in [-0.15, -0.1) is 0 Å². The van der Waals surface area contributed by atoms with Crippen molar-refractivity contribution >= 4 is 15.9 Å². The van der Waals surface area contributed by atoms with Gasteiger partial charge in [-0.25, -0.2) is 0 Å². The molecule has 0 fully saturated rings. The highest BCUT2D eigenvalue weighted by Crippen LogP contribution is 2.30. The minimum atomic E-state index is 0.237. The number of hydrogen-bond donors (Lipinski definition) is 1. The molecule has 0 aliphatic carbocycles. The van der Waals surface area contributed by atoms with Gasteiger partial charge in [0.1, 0.15) is 0 Å². The Balaban J connectivity index is 2.42. The summed E-state index contributed by atoms with van der Waals surface area (Å²) in [5.74, 6) is 0. The molecule has 2 aromatic carbocycles. The summed E-state index contributed by atoms with van der Waals surface area (Å²) in [6.45, 7) is 7.48. The first kappa shape index (κ1) is 16.3. The quantitative estimate of drug-likeness (QED) is 0.737. The fraction of sp³-hybridized carbons (Fsp3) is 0.368. The van der Waals surface area contributed by atoms with Gasteiger partial charge in [0.05, 0.1) is 6.04 Å². The molecule has 0 bridgehead atoms. The fourth-order valence-electron chi connectivity index (χ4n) is 2.71. The van der Waals surface area contributed by atoms with E-state index in [0.717, 1.165) is 13.0 Å². The Morgan fingerprint density at radius 2 is 1.90 bits per heavy atom. The molecule has 112 valence electrons. The van der Waals surface area contributed by atoms with E-state index in [4.69, 9.17) is 0 Å². The van der Waals surface area contributed by atoms with Gasteiger partial charge in [0.2, 0.25) is 0 Å². The highest BCUT2D eigenvalue weighted by molar-refractivity contribution is 9.10. The number of rotatable bonds is 6. The maximum Gasteiger partial charge on any atom is 0.0587 e. The van der Waals surface area contributed by atoms with Crippen molar-refractivity contribution in [1.29, 1.82) is 0 Å². The zero-order chi connectivity index (χ0) is 15.2. The van der Waals surface area contributed by atoms with Crippen LogP contribution in [0.2, 0.25) is 0 Å². The van der Waals surface area contributed by atoms with E-state index in [1.807, 2.05) is 0 Å². The molecule has 0 spiro atoms. The summed E-state index contributed by atoms with van der Waals surface area (Å²) in [4.78, 5) is 0. The molecule has 0 saturated carbocycles. The summed E-state index contributed by atoms with van der Waals surface area (Å²) < 4.78 is 1.17. The second kappa shape index (κ2) is 7.77. The zero-order valence-corrected chi connectivity index (χ0v) is 14.7. The van der Waals surface area contributed by atoms with Crippen molar-refractivity contribution in [2.45, 2.75) is 39.7 Å². The molecule has 1 nitrogen and oxygen atoms in total. The fourth-order valence-corrected chi connectivity index (χ4v) is 3.19. The largest absolute Gasteiger partial charge is 0.306 e. The van der Waals surface area contributed by atoms with Crippen molar-refractivity contribution in [1.82, 2.24) is 5.32 Å². The molecule has 0 heterocycles. The molecule has 0 radical (unpaired) electrons. The predicted molar refractivity (Wildman–Crippen MR) is 94.8 cm³/mol. The molecule has 0 aliphatic heterocycles. The third kappa shape index (κ3) is 4.18. The monoisotopic (exact) mass is 345 g/mol. The van der Waals surface area contributed by atoms with Gasteiger partial charge in [-0.3, -0.25) is 0 Å². The normalized spacial score (nSPS) is 12.4. The van der Waals surface area contributed by atoms with Crippen LogP contribution in [0, 0.1) is 6.92 Å². The molecule has 0 saturated heterocycles. The van der Waals surface area contributed by atoms with Crippen LogP contribution < -0.4 is 5.32 Å². The van der Waals surface area contributed by atoms with Gasteiger partial charge >= 0.3 is 0 Å². The van der Waals surface area contributed by atoms with Crippen molar-refractivity contribution in [3.8, 4) is 0 Å².